The number of anilines is 8. The van der Waals surface area contributed by atoms with E-state index in [0.29, 0.717) is 89.3 Å². The number of aromatic nitrogens is 2. The normalized spacial score (nSPS) is 20.9. The number of carbonyl (C=O) groups excluding carboxylic acids is 6. The lowest BCUT2D eigenvalue weighted by molar-refractivity contribution is -0.139. The molecule has 10 heterocycles. The van der Waals surface area contributed by atoms with Gasteiger partial charge in [0.25, 0.3) is 17.7 Å². The van der Waals surface area contributed by atoms with Gasteiger partial charge in [0.05, 0.1) is 54.9 Å². The highest BCUT2D eigenvalue weighted by Crippen LogP contribution is 2.47. The van der Waals surface area contributed by atoms with Gasteiger partial charge in [0, 0.05) is 136 Å². The molecule has 0 spiro atoms. The highest BCUT2D eigenvalue weighted by Gasteiger charge is 2.63. The summed E-state index contributed by atoms with van der Waals surface area (Å²) in [6.07, 6.45) is 12.3. The Bertz CT molecular complexity index is 4400. The molecule has 9 aliphatic rings. The second kappa shape index (κ2) is 33.6. The van der Waals surface area contributed by atoms with Crippen LogP contribution in [0.3, 0.4) is 0 Å². The van der Waals surface area contributed by atoms with Crippen molar-refractivity contribution in [1.29, 1.82) is 0 Å². The predicted octanol–water partition coefficient (Wildman–Crippen LogP) is 13.1. The Labute approximate surface area is 626 Å². The van der Waals surface area contributed by atoms with Crippen molar-refractivity contribution in [3.63, 3.8) is 0 Å². The van der Waals surface area contributed by atoms with Crippen LogP contribution < -0.4 is 39.8 Å². The fourth-order valence-electron chi connectivity index (χ4n) is 15.6. The minimum atomic E-state index is -0.928. The second-order valence-electron chi connectivity index (χ2n) is 28.5. The van der Waals surface area contributed by atoms with Crippen molar-refractivity contribution in [1.82, 2.24) is 19.6 Å². The molecule has 7 aromatic rings. The maximum absolute atomic E-state index is 14.7. The first-order valence-electron chi connectivity index (χ1n) is 37.6. The Kier molecular flexibility index (Phi) is 23.6. The molecule has 23 heteroatoms. The summed E-state index contributed by atoms with van der Waals surface area (Å²) < 4.78 is 12.9. The Morgan fingerprint density at radius 3 is 1.39 bits per heavy atom. The van der Waals surface area contributed by atoms with E-state index in [1.807, 2.05) is 183 Å². The van der Waals surface area contributed by atoms with Crippen LogP contribution in [0.5, 0.6) is 0 Å². The van der Waals surface area contributed by atoms with Crippen LogP contribution in [0.15, 0.2) is 168 Å². The molecule has 1 aromatic heterocycles. The molecule has 6 amide bonds. The van der Waals surface area contributed by atoms with Gasteiger partial charge >= 0.3 is 0 Å². The molecule has 22 nitrogen and oxygen atoms in total. The molecule has 0 radical (unpaired) electrons. The number of piperidine rings is 4. The van der Waals surface area contributed by atoms with Crippen molar-refractivity contribution in [2.24, 2.45) is 16.1 Å². The first kappa shape index (κ1) is 74.3. The molecule has 0 aliphatic carbocycles. The fraction of sp³-hybridized carbons (Fsp3) is 0.410. The van der Waals surface area contributed by atoms with Gasteiger partial charge in [-0.05, 0) is 209 Å². The lowest BCUT2D eigenvalue weighted by atomic mass is 9.80. The quantitative estimate of drug-likeness (QED) is 0.0894. The third-order valence-electron chi connectivity index (χ3n) is 21.3. The molecule has 0 bridgehead atoms. The third-order valence-corrected chi connectivity index (χ3v) is 21.4. The Balaban J connectivity index is 0.000000132. The standard InChI is InChI=1S/C29H35N5O3.C25H26N4O2.C20H25N3O3.C9H11ClN2/c1-21-6-8-25(9-7-21)34-29(31-17-19-37-20-18-31)26(22(2)30-34)14-16-33(28(29)36)24-12-10-23(11-13-24)32-15-4-3-5-27(32)35;1-17-6-8-21(9-7-17)29-24-22(18(2)26-29)14-16-28(25(24)31)20-12-10-19(11-13-20)27-15-4-3-5-23(27)30;24-19-5-1-2-10-22(19)16-6-8-17(9-7-16)23-11-3-4-18(20(23)25)21-12-14-26-15-13-21;1-7-3-5-9(6-4-7)12-11-8(2)10/h6-13,26H,3-5,14-20H2,1-2H3;6-13H,3-5,14-16H2,1-2H3;4,6-9H,1-3,5,10-15H2;3-6,12H,1-2H3/b;;;11-8-/t26-,29+;;;/m0.../s1. The highest BCUT2D eigenvalue weighted by atomic mass is 35.5. The van der Waals surface area contributed by atoms with Crippen molar-refractivity contribution < 1.29 is 38.2 Å². The third kappa shape index (κ3) is 16.2. The summed E-state index contributed by atoms with van der Waals surface area (Å²) in [5.74, 6) is 0.610. The number of hydrogen-bond donors (Lipinski definition) is 1. The maximum Gasteiger partial charge on any atom is 0.277 e. The van der Waals surface area contributed by atoms with E-state index in [1.54, 1.807) is 11.6 Å². The van der Waals surface area contributed by atoms with E-state index < -0.39 is 5.66 Å². The van der Waals surface area contributed by atoms with E-state index in [4.69, 9.17) is 26.2 Å². The molecule has 2 atom stereocenters. The molecule has 106 heavy (non-hydrogen) atoms. The van der Waals surface area contributed by atoms with Crippen LogP contribution in [0.2, 0.25) is 0 Å². The molecule has 1 N–H and O–H groups in total. The van der Waals surface area contributed by atoms with Crippen LogP contribution in [0, 0.1) is 33.6 Å². The van der Waals surface area contributed by atoms with Crippen LogP contribution in [0.4, 0.5) is 45.5 Å². The van der Waals surface area contributed by atoms with Gasteiger partial charge in [0.15, 0.2) is 0 Å². The van der Waals surface area contributed by atoms with Crippen LogP contribution in [0.1, 0.15) is 123 Å². The number of aryl methyl sites for hydroxylation is 4. The number of ether oxygens (including phenoxy) is 2. The van der Waals surface area contributed by atoms with Crippen molar-refractivity contribution in [2.45, 2.75) is 124 Å². The average molecular weight is 1450 g/mol. The minimum Gasteiger partial charge on any atom is -0.379 e. The van der Waals surface area contributed by atoms with Crippen LogP contribution in [-0.2, 0) is 39.9 Å². The van der Waals surface area contributed by atoms with Gasteiger partial charge in [0.1, 0.15) is 10.9 Å². The summed E-state index contributed by atoms with van der Waals surface area (Å²) in [5, 5.41) is 16.0. The van der Waals surface area contributed by atoms with Gasteiger partial charge in [-0.15, -0.1) is 0 Å². The van der Waals surface area contributed by atoms with Crippen molar-refractivity contribution in [2.75, 3.05) is 132 Å². The smallest absolute Gasteiger partial charge is 0.277 e. The molecule has 16 rings (SSSR count). The van der Waals surface area contributed by atoms with Crippen LogP contribution in [0.25, 0.3) is 5.69 Å². The summed E-state index contributed by atoms with van der Waals surface area (Å²) in [5.41, 5.74) is 17.9. The molecule has 6 aromatic carbocycles. The summed E-state index contributed by atoms with van der Waals surface area (Å²) >= 11 is 5.55. The minimum absolute atomic E-state index is 0.000831. The number of rotatable bonds is 12. The zero-order chi connectivity index (χ0) is 74.0. The molecule has 0 unspecified atom stereocenters. The number of carbonyl (C=O) groups is 6. The molecular formula is C83H97ClN14O8. The van der Waals surface area contributed by atoms with E-state index in [1.165, 1.54) is 16.7 Å². The largest absolute Gasteiger partial charge is 0.379 e. The summed E-state index contributed by atoms with van der Waals surface area (Å²) in [7, 11) is 0. The van der Waals surface area contributed by atoms with Gasteiger partial charge in [-0.3, -0.25) is 39.1 Å². The number of nitrogens with zero attached hydrogens (tertiary/aromatic N) is 13. The highest BCUT2D eigenvalue weighted by molar-refractivity contribution is 6.64. The first-order chi connectivity index (χ1) is 51.4. The lowest BCUT2D eigenvalue weighted by Gasteiger charge is -2.53. The van der Waals surface area contributed by atoms with Gasteiger partial charge in [-0.1, -0.05) is 70.8 Å². The Morgan fingerprint density at radius 2 is 0.906 bits per heavy atom. The number of morpholine rings is 2. The number of benzene rings is 6. The first-order valence-corrected chi connectivity index (χ1v) is 38.0. The molecular weight excluding hydrogens is 1360 g/mol. The molecule has 554 valence electrons. The monoisotopic (exact) mass is 1450 g/mol. The van der Waals surface area contributed by atoms with E-state index in [2.05, 4.69) is 63.5 Å². The zero-order valence-corrected chi connectivity index (χ0v) is 62.6. The van der Waals surface area contributed by atoms with E-state index in [0.717, 1.165) is 164 Å². The number of amides is 6. The predicted molar refractivity (Wildman–Crippen MR) is 420 cm³/mol. The molecule has 6 saturated heterocycles. The maximum atomic E-state index is 14.7. The van der Waals surface area contributed by atoms with E-state index in [9.17, 15) is 28.8 Å². The summed E-state index contributed by atoms with van der Waals surface area (Å²) in [6.45, 7) is 21.6. The van der Waals surface area contributed by atoms with Gasteiger partial charge < -0.3 is 43.8 Å². The number of hydrazone groups is 2. The Hall–Kier alpha value is -10.0. The molecule has 0 saturated carbocycles. The number of nitrogens with one attached hydrogen (secondary N) is 1. The van der Waals surface area contributed by atoms with Crippen LogP contribution in [-0.4, -0.2) is 163 Å². The second-order valence-corrected chi connectivity index (χ2v) is 29.0. The zero-order valence-electron chi connectivity index (χ0n) is 61.9. The Morgan fingerprint density at radius 1 is 0.472 bits per heavy atom. The van der Waals surface area contributed by atoms with Gasteiger partial charge in [-0.25, -0.2) is 9.69 Å². The van der Waals surface area contributed by atoms with Crippen molar-refractivity contribution >= 4 is 103 Å². The fourth-order valence-corrected chi connectivity index (χ4v) is 15.6. The topological polar surface area (TPSA) is 205 Å². The lowest BCUT2D eigenvalue weighted by Crippen LogP contribution is -2.74. The number of fused-ring (bicyclic) bond motifs is 2. The van der Waals surface area contributed by atoms with Crippen molar-refractivity contribution in [3.8, 4) is 5.69 Å². The van der Waals surface area contributed by atoms with E-state index in [-0.39, 0.29) is 41.4 Å². The molecule has 9 aliphatic heterocycles. The van der Waals surface area contributed by atoms with Gasteiger partial charge in [-0.2, -0.15) is 15.3 Å². The van der Waals surface area contributed by atoms with Gasteiger partial charge in [0.2, 0.25) is 23.4 Å². The SMILES string of the molecule is C/C(Cl)=N/Nc1ccc(C)cc1.CC1=NN(c2ccc(C)cc2)[C@@]2(N3CCOCC3)C(=O)N(c3ccc(N4CCCCC4=O)cc3)CC[C@@H]12.Cc1ccc(-n2nc(C)c3c2C(=O)N(c2ccc(N4CCCCC4=O)cc2)CC3)cc1.O=C1CCCCN1c1ccc(N2CCC=C(N3CCOCC3)C2=O)cc1. The van der Waals surface area contributed by atoms with E-state index >= 15 is 0 Å². The number of hydrogen-bond acceptors (Lipinski definition) is 15. The van der Waals surface area contributed by atoms with Crippen LogP contribution >= 0.6 is 11.6 Å². The summed E-state index contributed by atoms with van der Waals surface area (Å²) in [6, 6.07) is 47.8. The average Bonchev–Trinajstić information content (AvgIpc) is 1.50. The summed E-state index contributed by atoms with van der Waals surface area (Å²) in [4.78, 5) is 93.5. The molecule has 6 fully saturated rings. The number of halogens is 1. The van der Waals surface area contributed by atoms with Crippen molar-refractivity contribution in [3.05, 3.63) is 191 Å².